The third kappa shape index (κ3) is 1.77. The van der Waals surface area contributed by atoms with Gasteiger partial charge in [0.25, 0.3) is 0 Å². The number of piperidine rings is 1. The molecule has 0 amide bonds. The van der Waals surface area contributed by atoms with E-state index in [9.17, 15) is 0 Å². The molecule has 0 radical (unpaired) electrons. The second kappa shape index (κ2) is 3.71. The molecule has 3 heteroatoms. The molecule has 0 aliphatic carbocycles. The van der Waals surface area contributed by atoms with Gasteiger partial charge < -0.3 is 0 Å². The molecule has 1 aromatic heterocycles. The first-order valence-corrected chi connectivity index (χ1v) is 6.22. The minimum absolute atomic E-state index is 0.882. The molecule has 1 atom stereocenters. The van der Waals surface area contributed by atoms with E-state index in [1.165, 1.54) is 29.9 Å². The van der Waals surface area contributed by atoms with Gasteiger partial charge in [0.05, 0.1) is 0 Å². The molecular weight excluding hydrogens is 186 g/mol. The van der Waals surface area contributed by atoms with Gasteiger partial charge in [0, 0.05) is 23.1 Å². The molecule has 2 rings (SSSR count). The lowest BCUT2D eigenvalue weighted by molar-refractivity contribution is 0.362. The lowest BCUT2D eigenvalue weighted by atomic mass is 10.0. The molecule has 1 aliphatic heterocycles. The summed E-state index contributed by atoms with van der Waals surface area (Å²) >= 11 is 3.75. The summed E-state index contributed by atoms with van der Waals surface area (Å²) in [4.78, 5) is 0. The third-order valence-corrected chi connectivity index (χ3v) is 4.52. The minimum Gasteiger partial charge on any atom is -0.212 e. The average Bonchev–Trinajstić information content (AvgIpc) is 2.56. The molecule has 0 spiro atoms. The Hall–Kier alpha value is -0.150. The van der Waals surface area contributed by atoms with Crippen molar-refractivity contribution in [2.45, 2.75) is 19.8 Å². The van der Waals surface area contributed by atoms with Crippen LogP contribution in [0.25, 0.3) is 0 Å². The van der Waals surface area contributed by atoms with Gasteiger partial charge in [-0.15, -0.1) is 0 Å². The van der Waals surface area contributed by atoms with Crippen LogP contribution in [0.5, 0.6) is 0 Å². The van der Waals surface area contributed by atoms with Gasteiger partial charge in [0.2, 0.25) is 0 Å². The topological polar surface area (TPSA) is 3.01 Å². The van der Waals surface area contributed by atoms with Crippen molar-refractivity contribution in [2.24, 2.45) is 5.92 Å². The van der Waals surface area contributed by atoms with Crippen molar-refractivity contribution in [1.29, 1.82) is 0 Å². The Morgan fingerprint density at radius 3 is 2.83 bits per heavy atom. The Morgan fingerprint density at radius 2 is 2.17 bits per heavy atom. The Morgan fingerprint density at radius 1 is 1.42 bits per heavy atom. The molecule has 0 bridgehead atoms. The minimum atomic E-state index is 0.882. The van der Waals surface area contributed by atoms with E-state index in [0.717, 1.165) is 5.92 Å². The van der Waals surface area contributed by atoms with Crippen molar-refractivity contribution >= 4 is 22.7 Å². The highest BCUT2D eigenvalue weighted by Crippen LogP contribution is 2.10. The quantitative estimate of drug-likeness (QED) is 0.564. The van der Waals surface area contributed by atoms with Crippen LogP contribution in [0.1, 0.15) is 19.8 Å². The van der Waals surface area contributed by atoms with Crippen molar-refractivity contribution in [2.75, 3.05) is 13.1 Å². The Labute approximate surface area is 81.0 Å². The summed E-state index contributed by atoms with van der Waals surface area (Å²) in [5, 5.41) is 4.36. The monoisotopic (exact) mass is 200 g/mol. The maximum Gasteiger partial charge on any atom is 0.313 e. The zero-order chi connectivity index (χ0) is 8.39. The average molecular weight is 200 g/mol. The smallest absolute Gasteiger partial charge is 0.212 e. The van der Waals surface area contributed by atoms with Gasteiger partial charge in [-0.2, -0.15) is 0 Å². The number of hydrogen-bond donors (Lipinski definition) is 0. The fourth-order valence-electron chi connectivity index (χ4n) is 1.70. The molecule has 0 aromatic carbocycles. The summed E-state index contributed by atoms with van der Waals surface area (Å²) in [5.41, 5.74) is 0. The van der Waals surface area contributed by atoms with Crippen molar-refractivity contribution in [3.8, 4) is 0 Å². The molecule has 0 N–H and O–H groups in total. The highest BCUT2D eigenvalue weighted by molar-refractivity contribution is 7.24. The van der Waals surface area contributed by atoms with Crippen LogP contribution in [0, 0.1) is 5.92 Å². The van der Waals surface area contributed by atoms with Crippen molar-refractivity contribution in [3.63, 3.8) is 0 Å². The van der Waals surface area contributed by atoms with Crippen LogP contribution < -0.4 is 8.56 Å². The van der Waals surface area contributed by atoms with Crippen LogP contribution >= 0.6 is 22.7 Å². The Balaban J connectivity index is 2.29. The first-order chi connectivity index (χ1) is 5.86. The largest absolute Gasteiger partial charge is 0.313 e. The Kier molecular flexibility index (Phi) is 2.61. The fourth-order valence-corrected chi connectivity index (χ4v) is 3.57. The molecule has 1 saturated heterocycles. The molecule has 66 valence electrons. The summed E-state index contributed by atoms with van der Waals surface area (Å²) in [6.45, 7) is 4.88. The van der Waals surface area contributed by atoms with Crippen LogP contribution in [0.3, 0.4) is 0 Å². The second-order valence-electron chi connectivity index (χ2n) is 3.47. The van der Waals surface area contributed by atoms with Gasteiger partial charge in [0.1, 0.15) is 13.1 Å². The van der Waals surface area contributed by atoms with Gasteiger partial charge in [-0.05, 0) is 6.42 Å². The van der Waals surface area contributed by atoms with Crippen LogP contribution in [-0.2, 0) is 0 Å². The molecule has 1 fully saturated rings. The first kappa shape index (κ1) is 8.45. The number of rotatable bonds is 0. The highest BCUT2D eigenvalue weighted by atomic mass is 32.2. The summed E-state index contributed by atoms with van der Waals surface area (Å²) in [6.07, 6.45) is 2.78. The maximum atomic E-state index is 2.53. The lowest BCUT2D eigenvalue weighted by Crippen LogP contribution is -2.35. The third-order valence-electron chi connectivity index (χ3n) is 2.31. The normalized spacial score (nSPS) is 24.4. The first-order valence-electron chi connectivity index (χ1n) is 4.46. The van der Waals surface area contributed by atoms with Crippen molar-refractivity contribution < 1.29 is 0 Å². The molecule has 2 heterocycles. The fraction of sp³-hybridized carbons (Fsp3) is 0.667. The van der Waals surface area contributed by atoms with E-state index >= 15 is 0 Å². The summed E-state index contributed by atoms with van der Waals surface area (Å²) in [7, 11) is 0. The summed E-state index contributed by atoms with van der Waals surface area (Å²) in [5.74, 6) is 0.882. The number of hydrogen-bond acceptors (Lipinski definition) is 2. The van der Waals surface area contributed by atoms with Gasteiger partial charge in [-0.3, -0.25) is 0 Å². The van der Waals surface area contributed by atoms with Crippen molar-refractivity contribution in [3.05, 3.63) is 14.7 Å². The van der Waals surface area contributed by atoms with Crippen LogP contribution in [0.15, 0.2) is 10.8 Å². The van der Waals surface area contributed by atoms with Gasteiger partial charge in [0.15, 0.2) is 0 Å². The predicted octanol–water partition coefficient (Wildman–Crippen LogP) is 2.01. The predicted molar refractivity (Wildman–Crippen MR) is 55.6 cm³/mol. The zero-order valence-electron chi connectivity index (χ0n) is 7.32. The highest BCUT2D eigenvalue weighted by Gasteiger charge is 2.18. The van der Waals surface area contributed by atoms with E-state index in [-0.39, 0.29) is 0 Å². The molecule has 1 unspecified atom stereocenters. The zero-order valence-corrected chi connectivity index (χ0v) is 8.96. The van der Waals surface area contributed by atoms with E-state index in [0.29, 0.717) is 0 Å². The van der Waals surface area contributed by atoms with Gasteiger partial charge in [-0.1, -0.05) is 29.6 Å². The molecule has 1 aliphatic rings. The standard InChI is InChI=1S/C9H14NS2/c1-8-3-2-4-10(7-8)9-11-5-6-12-9/h5-6,8H,2-4,7H2,1H3/q+1. The second-order valence-corrected chi connectivity index (χ2v) is 5.51. The Bertz CT molecular complexity index is 294. The summed E-state index contributed by atoms with van der Waals surface area (Å²) < 4.78 is 4.02. The number of nitrogens with zero attached hydrogens (tertiary/aromatic N) is 1. The maximum absolute atomic E-state index is 2.53. The molecule has 1 aromatic rings. The molecular formula is C9H14NS2+. The van der Waals surface area contributed by atoms with Crippen LogP contribution in [-0.4, -0.2) is 13.1 Å². The molecule has 12 heavy (non-hydrogen) atoms. The van der Waals surface area contributed by atoms with Crippen LogP contribution in [0.4, 0.5) is 0 Å². The van der Waals surface area contributed by atoms with E-state index < -0.39 is 0 Å². The van der Waals surface area contributed by atoms with E-state index in [2.05, 4.69) is 22.3 Å². The van der Waals surface area contributed by atoms with E-state index in [1.807, 2.05) is 22.7 Å². The van der Waals surface area contributed by atoms with E-state index in [4.69, 9.17) is 0 Å². The van der Waals surface area contributed by atoms with Gasteiger partial charge in [-0.25, -0.2) is 4.58 Å². The van der Waals surface area contributed by atoms with Crippen molar-refractivity contribution in [1.82, 2.24) is 4.58 Å². The van der Waals surface area contributed by atoms with Gasteiger partial charge >= 0.3 is 3.98 Å². The molecule has 0 saturated carbocycles. The van der Waals surface area contributed by atoms with Crippen LogP contribution in [0.2, 0.25) is 0 Å². The van der Waals surface area contributed by atoms with E-state index in [1.54, 1.807) is 0 Å². The lowest BCUT2D eigenvalue weighted by Gasteiger charge is -2.14. The summed E-state index contributed by atoms with van der Waals surface area (Å²) in [6, 6.07) is 0. The molecule has 1 nitrogen and oxygen atoms in total. The SMILES string of the molecule is CC1CCC[N+](=c2sccs2)C1.